The monoisotopic (exact) mass is 281 g/mol. The van der Waals surface area contributed by atoms with Gasteiger partial charge in [0.25, 0.3) is 0 Å². The molecule has 108 valence electrons. The smallest absolute Gasteiger partial charge is 0.158 e. The molecule has 0 aliphatic rings. The van der Waals surface area contributed by atoms with Gasteiger partial charge in [-0.2, -0.15) is 0 Å². The Morgan fingerprint density at radius 1 is 0.632 bits per heavy atom. The van der Waals surface area contributed by atoms with Gasteiger partial charge in [0.2, 0.25) is 0 Å². The van der Waals surface area contributed by atoms with Crippen LogP contribution in [-0.4, -0.2) is 14.2 Å². The molecule has 2 aromatic rings. The minimum atomic E-state index is 0. The summed E-state index contributed by atoms with van der Waals surface area (Å²) in [6.07, 6.45) is 0. The highest BCUT2D eigenvalue weighted by Gasteiger charge is 2.03. The average molecular weight is 281 g/mol. The zero-order chi connectivity index (χ0) is 11.6. The Morgan fingerprint density at radius 2 is 0.895 bits per heavy atom. The van der Waals surface area contributed by atoms with Gasteiger partial charge in [0.1, 0.15) is 0 Å². The van der Waals surface area contributed by atoms with E-state index in [1.165, 1.54) is 21.6 Å². The summed E-state index contributed by atoms with van der Waals surface area (Å²) in [6, 6.07) is 21.0. The molecule has 0 aliphatic heterocycles. The van der Waals surface area contributed by atoms with Gasteiger partial charge >= 0.3 is 0 Å². The van der Waals surface area contributed by atoms with Crippen molar-refractivity contribution in [3.05, 3.63) is 60.7 Å². The number of benzene rings is 2. The maximum absolute atomic E-state index is 4.25. The lowest BCUT2D eigenvalue weighted by atomic mass is 10.4. The van der Waals surface area contributed by atoms with Gasteiger partial charge in [0.05, 0.1) is 0 Å². The second-order valence-electron chi connectivity index (χ2n) is 3.19. The number of methoxy groups -OCH3 is 1. The Balaban J connectivity index is -0.000000393. The molecule has 0 atom stereocenters. The molecule has 2 aromatic carbocycles. The maximum atomic E-state index is 4.25. The first kappa shape index (κ1) is 22.9. The summed E-state index contributed by atoms with van der Waals surface area (Å²) in [6.45, 7) is 0. The van der Waals surface area contributed by atoms with Crippen molar-refractivity contribution in [1.29, 1.82) is 0 Å². The number of rotatable bonds is 2. The third kappa shape index (κ3) is 10.4. The van der Waals surface area contributed by atoms with Gasteiger partial charge in [-0.1, -0.05) is 58.7 Å². The van der Waals surface area contributed by atoms with E-state index in [1.54, 1.807) is 14.2 Å². The molecule has 0 heterocycles. The number of hydrogen-bond acceptors (Lipinski definition) is 1. The molecule has 0 amide bonds. The van der Waals surface area contributed by atoms with Crippen LogP contribution in [0.3, 0.4) is 0 Å². The fourth-order valence-corrected chi connectivity index (χ4v) is 2.09. The summed E-state index contributed by atoms with van der Waals surface area (Å²) in [5, 5.41) is 0. The molecule has 0 N–H and O–H groups in total. The van der Waals surface area contributed by atoms with Gasteiger partial charge in [-0.3, -0.25) is 0 Å². The number of ether oxygens (including phenoxy) is 1. The SMILES string of the molecule is C.C.C.COC.c1ccc([SH+]c2ccccc2)cc1. The third-order valence-corrected chi connectivity index (χ3v) is 2.88. The molecule has 0 radical (unpaired) electrons. The standard InChI is InChI=1S/C12H10S.C2H6O.3CH4/c1-3-7-11(8-4-1)13-12-9-5-2-6-10-12;1-3-2;;;/h1-10H;1-2H3;3*1H4/p+1. The summed E-state index contributed by atoms with van der Waals surface area (Å²) in [5.74, 6) is 0. The second-order valence-corrected chi connectivity index (χ2v) is 4.45. The van der Waals surface area contributed by atoms with E-state index in [0.717, 1.165) is 0 Å². The van der Waals surface area contributed by atoms with E-state index in [4.69, 9.17) is 0 Å². The first-order valence-electron chi connectivity index (χ1n) is 5.09. The van der Waals surface area contributed by atoms with Crippen molar-refractivity contribution in [2.45, 2.75) is 32.1 Å². The van der Waals surface area contributed by atoms with E-state index >= 15 is 0 Å². The Labute approximate surface area is 124 Å². The average Bonchev–Trinajstić information content (AvgIpc) is 2.33. The van der Waals surface area contributed by atoms with E-state index < -0.39 is 0 Å². The molecule has 2 rings (SSSR count). The molecule has 1 nitrogen and oxygen atoms in total. The normalized spacial score (nSPS) is 7.68. The predicted molar refractivity (Wildman–Crippen MR) is 91.3 cm³/mol. The Hall–Kier alpha value is -1.25. The maximum Gasteiger partial charge on any atom is 0.158 e. The first-order chi connectivity index (χ1) is 7.86. The molecule has 0 spiro atoms. The summed E-state index contributed by atoms with van der Waals surface area (Å²) in [7, 11) is 3.25. The van der Waals surface area contributed by atoms with E-state index in [-0.39, 0.29) is 22.3 Å². The van der Waals surface area contributed by atoms with Crippen molar-refractivity contribution in [2.75, 3.05) is 14.2 Å². The van der Waals surface area contributed by atoms with E-state index in [0.29, 0.717) is 0 Å². The van der Waals surface area contributed by atoms with Crippen LogP contribution in [0, 0.1) is 0 Å². The molecule has 0 saturated heterocycles. The summed E-state index contributed by atoms with van der Waals surface area (Å²) >= 11 is 1.28. The van der Waals surface area contributed by atoms with E-state index in [2.05, 4.69) is 53.3 Å². The topological polar surface area (TPSA) is 9.23 Å². The second kappa shape index (κ2) is 14.8. The van der Waals surface area contributed by atoms with Gasteiger partial charge < -0.3 is 4.74 Å². The van der Waals surface area contributed by atoms with Crippen LogP contribution in [0.2, 0.25) is 0 Å². The van der Waals surface area contributed by atoms with Gasteiger partial charge in [-0.15, -0.1) is 0 Å². The minimum Gasteiger partial charge on any atom is -0.388 e. The van der Waals surface area contributed by atoms with Crippen molar-refractivity contribution in [2.24, 2.45) is 0 Å². The molecule has 0 fully saturated rings. The highest BCUT2D eigenvalue weighted by molar-refractivity contribution is 7.78. The quantitative estimate of drug-likeness (QED) is 0.550. The predicted octanol–water partition coefficient (Wildman–Crippen LogP) is 5.09. The molecule has 0 aromatic heterocycles. The fourth-order valence-electron chi connectivity index (χ4n) is 1.15. The zero-order valence-electron chi connectivity index (χ0n) is 9.63. The molecule has 0 unspecified atom stereocenters. The van der Waals surface area contributed by atoms with Crippen LogP contribution in [-0.2, 0) is 16.5 Å². The van der Waals surface area contributed by atoms with Crippen molar-refractivity contribution >= 4 is 11.8 Å². The van der Waals surface area contributed by atoms with Crippen LogP contribution in [0.25, 0.3) is 0 Å². The molecule has 0 aliphatic carbocycles. The molecule has 0 saturated carbocycles. The number of thiol groups is 1. The molecule has 2 heteroatoms. The van der Waals surface area contributed by atoms with Crippen molar-refractivity contribution in [3.8, 4) is 0 Å². The van der Waals surface area contributed by atoms with Crippen LogP contribution >= 0.6 is 0 Å². The Kier molecular flexibility index (Phi) is 17.8. The third-order valence-electron chi connectivity index (χ3n) is 1.77. The number of hydrogen-bond donors (Lipinski definition) is 0. The Morgan fingerprint density at radius 3 is 1.16 bits per heavy atom. The summed E-state index contributed by atoms with van der Waals surface area (Å²) < 4.78 is 4.25. The Bertz CT molecular complexity index is 335. The van der Waals surface area contributed by atoms with Crippen molar-refractivity contribution in [3.63, 3.8) is 0 Å². The van der Waals surface area contributed by atoms with E-state index in [1.807, 2.05) is 12.1 Å². The van der Waals surface area contributed by atoms with E-state index in [9.17, 15) is 0 Å². The fraction of sp³-hybridized carbons (Fsp3) is 0.294. The zero-order valence-corrected chi connectivity index (χ0v) is 10.5. The molecule has 19 heavy (non-hydrogen) atoms. The lowest BCUT2D eigenvalue weighted by Gasteiger charge is -1.90. The van der Waals surface area contributed by atoms with Gasteiger partial charge in [0, 0.05) is 26.0 Å². The molecular weight excluding hydrogens is 252 g/mol. The van der Waals surface area contributed by atoms with Gasteiger partial charge in [-0.05, 0) is 24.3 Å². The van der Waals surface area contributed by atoms with Gasteiger partial charge in [0.15, 0.2) is 9.79 Å². The largest absolute Gasteiger partial charge is 0.388 e. The molecular formula is C17H29OS+. The van der Waals surface area contributed by atoms with Crippen LogP contribution in [0.4, 0.5) is 0 Å². The van der Waals surface area contributed by atoms with Crippen LogP contribution in [0.1, 0.15) is 22.3 Å². The summed E-state index contributed by atoms with van der Waals surface area (Å²) in [5.41, 5.74) is 0. The van der Waals surface area contributed by atoms with Gasteiger partial charge in [-0.25, -0.2) is 0 Å². The first-order valence-corrected chi connectivity index (χ1v) is 5.98. The van der Waals surface area contributed by atoms with Crippen LogP contribution < -0.4 is 0 Å². The van der Waals surface area contributed by atoms with Crippen LogP contribution in [0.15, 0.2) is 70.5 Å². The van der Waals surface area contributed by atoms with Crippen LogP contribution in [0.5, 0.6) is 0 Å². The lowest BCUT2D eigenvalue weighted by Crippen LogP contribution is -1.82. The lowest BCUT2D eigenvalue weighted by molar-refractivity contribution is 0.277. The minimum absolute atomic E-state index is 0. The van der Waals surface area contributed by atoms with Crippen molar-refractivity contribution in [1.82, 2.24) is 0 Å². The highest BCUT2D eigenvalue weighted by Crippen LogP contribution is 2.10. The summed E-state index contributed by atoms with van der Waals surface area (Å²) in [4.78, 5) is 2.68. The highest BCUT2D eigenvalue weighted by atomic mass is 32.2. The van der Waals surface area contributed by atoms with Crippen molar-refractivity contribution < 1.29 is 4.74 Å². The molecule has 0 bridgehead atoms.